The summed E-state index contributed by atoms with van der Waals surface area (Å²) in [5.41, 5.74) is 1.54. The van der Waals surface area contributed by atoms with Crippen molar-refractivity contribution in [3.8, 4) is 11.5 Å². The number of benzene rings is 1. The number of hydrogen-bond acceptors (Lipinski definition) is 5. The molecule has 0 bridgehead atoms. The zero-order valence-corrected chi connectivity index (χ0v) is 13.7. The second kappa shape index (κ2) is 7.76. The number of alkyl halides is 3. The van der Waals surface area contributed by atoms with Crippen molar-refractivity contribution < 1.29 is 22.4 Å². The first-order valence-electron chi connectivity index (χ1n) is 7.53. The lowest BCUT2D eigenvalue weighted by atomic mass is 10.1. The van der Waals surface area contributed by atoms with E-state index in [4.69, 9.17) is 9.26 Å². The smallest absolute Gasteiger partial charge is 0.380 e. The number of halogens is 3. The van der Waals surface area contributed by atoms with Gasteiger partial charge in [0.05, 0.1) is 6.10 Å². The SMILES string of the molecule is COC(C)C(C)NCc1cccc(-c2nc(CC(F)(F)F)no2)c1. The first-order chi connectivity index (χ1) is 11.3. The molecule has 0 aliphatic rings. The average Bonchev–Trinajstić information content (AvgIpc) is 2.98. The Morgan fingerprint density at radius 1 is 1.29 bits per heavy atom. The molecule has 0 spiro atoms. The molecule has 0 amide bonds. The molecule has 1 heterocycles. The number of ether oxygens (including phenoxy) is 1. The predicted molar refractivity (Wildman–Crippen MR) is 82.3 cm³/mol. The number of rotatable bonds is 7. The van der Waals surface area contributed by atoms with E-state index in [9.17, 15) is 13.2 Å². The Kier molecular flexibility index (Phi) is 5.95. The van der Waals surface area contributed by atoms with Crippen molar-refractivity contribution in [1.29, 1.82) is 0 Å². The monoisotopic (exact) mass is 343 g/mol. The summed E-state index contributed by atoms with van der Waals surface area (Å²) in [5.74, 6) is -0.294. The van der Waals surface area contributed by atoms with Gasteiger partial charge in [0.1, 0.15) is 6.42 Å². The van der Waals surface area contributed by atoms with Crippen LogP contribution in [0, 0.1) is 0 Å². The lowest BCUT2D eigenvalue weighted by Crippen LogP contribution is -2.36. The van der Waals surface area contributed by atoms with Gasteiger partial charge in [0.2, 0.25) is 0 Å². The normalized spacial score (nSPS) is 14.6. The van der Waals surface area contributed by atoms with Gasteiger partial charge in [0, 0.05) is 25.3 Å². The highest BCUT2D eigenvalue weighted by Gasteiger charge is 2.30. The molecule has 0 saturated heterocycles. The number of nitrogens with zero attached hydrogens (tertiary/aromatic N) is 2. The second-order valence-electron chi connectivity index (χ2n) is 5.62. The average molecular weight is 343 g/mol. The van der Waals surface area contributed by atoms with Crippen molar-refractivity contribution in [1.82, 2.24) is 15.5 Å². The fourth-order valence-corrected chi connectivity index (χ4v) is 2.09. The van der Waals surface area contributed by atoms with E-state index in [0.29, 0.717) is 12.1 Å². The molecule has 2 aromatic rings. The van der Waals surface area contributed by atoms with Gasteiger partial charge in [-0.05, 0) is 31.5 Å². The van der Waals surface area contributed by atoms with Crippen LogP contribution in [0.5, 0.6) is 0 Å². The molecule has 132 valence electrons. The van der Waals surface area contributed by atoms with Crippen LogP contribution in [0.25, 0.3) is 11.5 Å². The molecule has 1 aromatic carbocycles. The van der Waals surface area contributed by atoms with E-state index < -0.39 is 12.6 Å². The third kappa shape index (κ3) is 5.31. The fraction of sp³-hybridized carbons (Fsp3) is 0.500. The van der Waals surface area contributed by atoms with Gasteiger partial charge < -0.3 is 14.6 Å². The molecule has 1 aromatic heterocycles. The summed E-state index contributed by atoms with van der Waals surface area (Å²) < 4.78 is 47.2. The molecular weight excluding hydrogens is 323 g/mol. The Morgan fingerprint density at radius 2 is 2.04 bits per heavy atom. The maximum Gasteiger partial charge on any atom is 0.396 e. The molecule has 2 rings (SSSR count). The van der Waals surface area contributed by atoms with Crippen molar-refractivity contribution in [2.45, 2.75) is 45.1 Å². The van der Waals surface area contributed by atoms with Crippen LogP contribution in [0.4, 0.5) is 13.2 Å². The van der Waals surface area contributed by atoms with Gasteiger partial charge in [0.25, 0.3) is 5.89 Å². The molecule has 0 saturated carbocycles. The zero-order valence-electron chi connectivity index (χ0n) is 13.7. The minimum absolute atomic E-state index is 0.0639. The Labute approximate surface area is 138 Å². The maximum absolute atomic E-state index is 12.3. The molecule has 2 atom stereocenters. The van der Waals surface area contributed by atoms with Gasteiger partial charge in [-0.2, -0.15) is 18.2 Å². The Morgan fingerprint density at radius 3 is 2.71 bits per heavy atom. The van der Waals surface area contributed by atoms with E-state index in [2.05, 4.69) is 15.5 Å². The molecule has 1 N–H and O–H groups in total. The molecule has 0 aliphatic heterocycles. The molecular formula is C16H20F3N3O2. The van der Waals surface area contributed by atoms with Crippen LogP contribution < -0.4 is 5.32 Å². The van der Waals surface area contributed by atoms with E-state index in [0.717, 1.165) is 5.56 Å². The van der Waals surface area contributed by atoms with E-state index >= 15 is 0 Å². The van der Waals surface area contributed by atoms with Crippen molar-refractivity contribution in [3.63, 3.8) is 0 Å². The summed E-state index contributed by atoms with van der Waals surface area (Å²) in [4.78, 5) is 3.81. The van der Waals surface area contributed by atoms with Gasteiger partial charge in [-0.1, -0.05) is 17.3 Å². The number of hydrogen-bond donors (Lipinski definition) is 1. The van der Waals surface area contributed by atoms with Gasteiger partial charge in [-0.3, -0.25) is 0 Å². The van der Waals surface area contributed by atoms with E-state index in [1.807, 2.05) is 26.0 Å². The maximum atomic E-state index is 12.3. The lowest BCUT2D eigenvalue weighted by Gasteiger charge is -2.20. The summed E-state index contributed by atoms with van der Waals surface area (Å²) >= 11 is 0. The highest BCUT2D eigenvalue weighted by Crippen LogP contribution is 2.23. The topological polar surface area (TPSA) is 60.2 Å². The number of aromatic nitrogens is 2. The third-order valence-corrected chi connectivity index (χ3v) is 3.70. The third-order valence-electron chi connectivity index (χ3n) is 3.70. The van der Waals surface area contributed by atoms with Crippen LogP contribution >= 0.6 is 0 Å². The quantitative estimate of drug-likeness (QED) is 0.835. The summed E-state index contributed by atoms with van der Waals surface area (Å²) in [6.07, 6.45) is -5.50. The van der Waals surface area contributed by atoms with Crippen LogP contribution in [0.1, 0.15) is 25.2 Å². The van der Waals surface area contributed by atoms with Crippen LogP contribution in [-0.2, 0) is 17.7 Å². The first kappa shape index (κ1) is 18.4. The molecule has 0 aliphatic carbocycles. The molecule has 24 heavy (non-hydrogen) atoms. The molecule has 0 fully saturated rings. The Balaban J connectivity index is 2.05. The predicted octanol–water partition coefficient (Wildman–Crippen LogP) is 3.35. The molecule has 8 heteroatoms. The first-order valence-corrected chi connectivity index (χ1v) is 7.53. The van der Waals surface area contributed by atoms with Gasteiger partial charge >= 0.3 is 6.18 Å². The van der Waals surface area contributed by atoms with Crippen molar-refractivity contribution in [3.05, 3.63) is 35.7 Å². The highest BCUT2D eigenvalue weighted by molar-refractivity contribution is 5.54. The van der Waals surface area contributed by atoms with E-state index in [1.165, 1.54) is 0 Å². The van der Waals surface area contributed by atoms with Crippen molar-refractivity contribution >= 4 is 0 Å². The van der Waals surface area contributed by atoms with E-state index in [1.54, 1.807) is 19.2 Å². The van der Waals surface area contributed by atoms with Crippen molar-refractivity contribution in [2.75, 3.05) is 7.11 Å². The van der Waals surface area contributed by atoms with Crippen molar-refractivity contribution in [2.24, 2.45) is 0 Å². The summed E-state index contributed by atoms with van der Waals surface area (Å²) in [6.45, 7) is 4.57. The van der Waals surface area contributed by atoms with Crippen LogP contribution in [0.2, 0.25) is 0 Å². The zero-order chi connectivity index (χ0) is 17.7. The van der Waals surface area contributed by atoms with E-state index in [-0.39, 0.29) is 23.9 Å². The number of nitrogens with one attached hydrogen (secondary N) is 1. The van der Waals surface area contributed by atoms with Crippen LogP contribution in [0.15, 0.2) is 28.8 Å². The summed E-state index contributed by atoms with van der Waals surface area (Å²) in [6, 6.07) is 7.39. The lowest BCUT2D eigenvalue weighted by molar-refractivity contribution is -0.128. The van der Waals surface area contributed by atoms with Gasteiger partial charge in [-0.15, -0.1) is 0 Å². The minimum Gasteiger partial charge on any atom is -0.380 e. The molecule has 2 unspecified atom stereocenters. The van der Waals surface area contributed by atoms with Crippen LogP contribution in [-0.4, -0.2) is 35.6 Å². The van der Waals surface area contributed by atoms with Gasteiger partial charge in [-0.25, -0.2) is 0 Å². The van der Waals surface area contributed by atoms with Gasteiger partial charge in [0.15, 0.2) is 5.82 Å². The largest absolute Gasteiger partial charge is 0.396 e. The second-order valence-corrected chi connectivity index (χ2v) is 5.62. The summed E-state index contributed by atoms with van der Waals surface area (Å²) in [5, 5.41) is 6.70. The summed E-state index contributed by atoms with van der Waals surface area (Å²) in [7, 11) is 1.65. The highest BCUT2D eigenvalue weighted by atomic mass is 19.4. The number of methoxy groups -OCH3 is 1. The van der Waals surface area contributed by atoms with Crippen LogP contribution in [0.3, 0.4) is 0 Å². The molecule has 5 nitrogen and oxygen atoms in total. The molecule has 0 radical (unpaired) electrons. The fourth-order valence-electron chi connectivity index (χ4n) is 2.09. The minimum atomic E-state index is -4.36. The standard InChI is InChI=1S/C16H20F3N3O2/c1-10(11(2)23-3)20-9-12-5-4-6-13(7-12)15-21-14(22-24-15)8-16(17,18)19/h4-7,10-11,20H,8-9H2,1-3H3. The Bertz CT molecular complexity index is 658. The Hall–Kier alpha value is -1.93.